The Kier molecular flexibility index (Phi) is 4.42. The van der Waals surface area contributed by atoms with E-state index >= 15 is 0 Å². The van der Waals surface area contributed by atoms with Gasteiger partial charge in [-0.1, -0.05) is 50.6 Å². The Morgan fingerprint density at radius 3 is 2.33 bits per heavy atom. The monoisotopic (exact) mass is 336 g/mol. The molecule has 0 aliphatic rings. The number of benzene rings is 1. The van der Waals surface area contributed by atoms with Crippen molar-refractivity contribution >= 4 is 11.6 Å². The highest BCUT2D eigenvalue weighted by molar-refractivity contribution is 6.33. The van der Waals surface area contributed by atoms with Crippen molar-refractivity contribution in [2.45, 2.75) is 33.1 Å². The molecule has 0 radical (unpaired) electrons. The zero-order valence-corrected chi connectivity index (χ0v) is 15.2. The third-order valence-electron chi connectivity index (χ3n) is 4.11. The summed E-state index contributed by atoms with van der Waals surface area (Å²) in [6, 6.07) is 14.2. The van der Waals surface area contributed by atoms with Crippen molar-refractivity contribution in [3.05, 3.63) is 71.3 Å². The van der Waals surface area contributed by atoms with Crippen molar-refractivity contribution in [2.75, 3.05) is 0 Å². The molecule has 0 spiro atoms. The molecule has 1 aromatic carbocycles. The highest BCUT2D eigenvalue weighted by Crippen LogP contribution is 2.32. The van der Waals surface area contributed by atoms with Crippen LogP contribution < -0.4 is 0 Å². The first kappa shape index (κ1) is 16.7. The van der Waals surface area contributed by atoms with Gasteiger partial charge in [-0.2, -0.15) is 0 Å². The average molecular weight is 337 g/mol. The van der Waals surface area contributed by atoms with E-state index in [2.05, 4.69) is 42.9 Å². The Balaban J connectivity index is 2.13. The number of rotatable bonds is 2. The number of aromatic nitrogens is 2. The molecule has 0 atom stereocenters. The topological polar surface area (TPSA) is 25.8 Å². The third-order valence-corrected chi connectivity index (χ3v) is 4.44. The fourth-order valence-corrected chi connectivity index (χ4v) is 2.92. The Labute approximate surface area is 148 Å². The maximum absolute atomic E-state index is 6.34. The van der Waals surface area contributed by atoms with Crippen LogP contribution in [0.2, 0.25) is 5.02 Å². The van der Waals surface area contributed by atoms with E-state index < -0.39 is 0 Å². The van der Waals surface area contributed by atoms with Crippen molar-refractivity contribution in [1.29, 1.82) is 0 Å². The van der Waals surface area contributed by atoms with Crippen LogP contribution in [0, 0.1) is 6.92 Å². The summed E-state index contributed by atoms with van der Waals surface area (Å²) < 4.78 is 0. The van der Waals surface area contributed by atoms with E-state index in [1.165, 1.54) is 0 Å². The minimum atomic E-state index is 0.0116. The number of hydrogen-bond acceptors (Lipinski definition) is 2. The normalized spacial score (nSPS) is 11.5. The van der Waals surface area contributed by atoms with Crippen LogP contribution in [0.5, 0.6) is 0 Å². The molecular weight excluding hydrogens is 316 g/mol. The molecule has 0 bridgehead atoms. The first-order valence-corrected chi connectivity index (χ1v) is 8.42. The molecule has 3 rings (SSSR count). The lowest BCUT2D eigenvalue weighted by atomic mass is 9.89. The van der Waals surface area contributed by atoms with Gasteiger partial charge in [-0.05, 0) is 36.8 Å². The van der Waals surface area contributed by atoms with Gasteiger partial charge in [-0.3, -0.25) is 9.97 Å². The second kappa shape index (κ2) is 6.37. The van der Waals surface area contributed by atoms with Crippen LogP contribution in [-0.4, -0.2) is 9.97 Å². The van der Waals surface area contributed by atoms with Crippen LogP contribution in [0.1, 0.15) is 32.2 Å². The van der Waals surface area contributed by atoms with E-state index in [1.807, 2.05) is 49.6 Å². The molecule has 24 heavy (non-hydrogen) atoms. The smallest absolute Gasteiger partial charge is 0.0484 e. The molecular formula is C21H21ClN2. The summed E-state index contributed by atoms with van der Waals surface area (Å²) in [7, 11) is 0. The largest absolute Gasteiger partial charge is 0.261 e. The predicted molar refractivity (Wildman–Crippen MR) is 101 cm³/mol. The summed E-state index contributed by atoms with van der Waals surface area (Å²) in [4.78, 5) is 9.10. The molecule has 0 aliphatic carbocycles. The van der Waals surface area contributed by atoms with Gasteiger partial charge in [0.15, 0.2) is 0 Å². The molecule has 0 unspecified atom stereocenters. The van der Waals surface area contributed by atoms with E-state index in [1.54, 1.807) is 0 Å². The van der Waals surface area contributed by atoms with Gasteiger partial charge in [0.2, 0.25) is 0 Å². The van der Waals surface area contributed by atoms with Crippen LogP contribution in [0.15, 0.2) is 54.9 Å². The number of pyridine rings is 2. The van der Waals surface area contributed by atoms with Gasteiger partial charge < -0.3 is 0 Å². The van der Waals surface area contributed by atoms with Crippen molar-refractivity contribution in [3.8, 4) is 22.3 Å². The minimum Gasteiger partial charge on any atom is -0.261 e. The molecule has 0 fully saturated rings. The molecule has 0 saturated carbocycles. The lowest BCUT2D eigenvalue weighted by molar-refractivity contribution is 0.569. The van der Waals surface area contributed by atoms with E-state index in [0.29, 0.717) is 0 Å². The number of aryl methyl sites for hydroxylation is 1. The summed E-state index contributed by atoms with van der Waals surface area (Å²) in [5, 5.41) is 0.735. The number of hydrogen-bond donors (Lipinski definition) is 0. The second-order valence-corrected chi connectivity index (χ2v) is 7.42. The zero-order valence-electron chi connectivity index (χ0n) is 14.5. The van der Waals surface area contributed by atoms with Crippen LogP contribution in [0.3, 0.4) is 0 Å². The van der Waals surface area contributed by atoms with Gasteiger partial charge in [0.05, 0.1) is 0 Å². The molecule has 2 aromatic heterocycles. The summed E-state index contributed by atoms with van der Waals surface area (Å²) in [6.45, 7) is 8.54. The maximum Gasteiger partial charge on any atom is 0.0484 e. The molecule has 3 heteroatoms. The molecule has 2 heterocycles. The van der Waals surface area contributed by atoms with E-state index in [9.17, 15) is 0 Å². The quantitative estimate of drug-likeness (QED) is 0.567. The third kappa shape index (κ3) is 3.34. The first-order chi connectivity index (χ1) is 11.4. The minimum absolute atomic E-state index is 0.0116. The second-order valence-electron chi connectivity index (χ2n) is 7.02. The zero-order chi connectivity index (χ0) is 17.3. The fourth-order valence-electron chi connectivity index (χ4n) is 2.68. The van der Waals surface area contributed by atoms with Gasteiger partial charge >= 0.3 is 0 Å². The summed E-state index contributed by atoms with van der Waals surface area (Å²) in [5.74, 6) is 0. The number of nitrogens with zero attached hydrogens (tertiary/aromatic N) is 2. The van der Waals surface area contributed by atoms with Gasteiger partial charge in [0.25, 0.3) is 0 Å². The Morgan fingerprint density at radius 2 is 1.62 bits per heavy atom. The van der Waals surface area contributed by atoms with E-state index in [4.69, 9.17) is 11.6 Å². The van der Waals surface area contributed by atoms with Crippen molar-refractivity contribution in [3.63, 3.8) is 0 Å². The predicted octanol–water partition coefficient (Wildman–Crippen LogP) is 6.07. The molecule has 0 aliphatic heterocycles. The number of halogens is 1. The van der Waals surface area contributed by atoms with Gasteiger partial charge in [0.1, 0.15) is 0 Å². The standard InChI is InChI=1S/C21H21ClN2/c1-14-18(15-9-10-23-20(12-15)21(2,3)4)11-16(13-24-14)17-7-5-6-8-19(17)22/h5-13H,1-4H3. The lowest BCUT2D eigenvalue weighted by Gasteiger charge is -2.19. The first-order valence-electron chi connectivity index (χ1n) is 8.05. The average Bonchev–Trinajstić information content (AvgIpc) is 2.55. The Hall–Kier alpha value is -2.19. The molecule has 3 aromatic rings. The van der Waals surface area contributed by atoms with Crippen molar-refractivity contribution in [1.82, 2.24) is 9.97 Å². The van der Waals surface area contributed by atoms with Crippen LogP contribution in [0.25, 0.3) is 22.3 Å². The van der Waals surface area contributed by atoms with Crippen LogP contribution in [0.4, 0.5) is 0 Å². The highest BCUT2D eigenvalue weighted by atomic mass is 35.5. The molecule has 0 saturated heterocycles. The van der Waals surface area contributed by atoms with Gasteiger partial charge in [-0.15, -0.1) is 0 Å². The lowest BCUT2D eigenvalue weighted by Crippen LogP contribution is -2.13. The van der Waals surface area contributed by atoms with Crippen molar-refractivity contribution < 1.29 is 0 Å². The van der Waals surface area contributed by atoms with Crippen LogP contribution >= 0.6 is 11.6 Å². The summed E-state index contributed by atoms with van der Waals surface area (Å²) >= 11 is 6.34. The fraction of sp³-hybridized carbons (Fsp3) is 0.238. The summed E-state index contributed by atoms with van der Waals surface area (Å²) in [6.07, 6.45) is 3.75. The van der Waals surface area contributed by atoms with Crippen LogP contribution in [-0.2, 0) is 5.41 Å². The van der Waals surface area contributed by atoms with E-state index in [0.717, 1.165) is 38.7 Å². The molecule has 122 valence electrons. The van der Waals surface area contributed by atoms with Gasteiger partial charge in [0, 0.05) is 50.9 Å². The molecule has 0 amide bonds. The summed E-state index contributed by atoms with van der Waals surface area (Å²) in [5.41, 5.74) is 6.35. The van der Waals surface area contributed by atoms with Gasteiger partial charge in [-0.25, -0.2) is 0 Å². The van der Waals surface area contributed by atoms with Crippen molar-refractivity contribution in [2.24, 2.45) is 0 Å². The van der Waals surface area contributed by atoms with E-state index in [-0.39, 0.29) is 5.41 Å². The Bertz CT molecular complexity index is 879. The SMILES string of the molecule is Cc1ncc(-c2ccccc2Cl)cc1-c1ccnc(C(C)(C)C)c1. The molecule has 2 nitrogen and oxygen atoms in total. The highest BCUT2D eigenvalue weighted by Gasteiger charge is 2.17. The maximum atomic E-state index is 6.34. The Morgan fingerprint density at radius 1 is 0.875 bits per heavy atom. The molecule has 0 N–H and O–H groups in total.